The van der Waals surface area contributed by atoms with E-state index in [0.29, 0.717) is 66.5 Å². The van der Waals surface area contributed by atoms with Gasteiger partial charge in [-0.25, -0.2) is 0 Å². The average molecular weight is 496 g/mol. The summed E-state index contributed by atoms with van der Waals surface area (Å²) in [7, 11) is 3.23. The van der Waals surface area contributed by atoms with E-state index in [-0.39, 0.29) is 17.9 Å². The van der Waals surface area contributed by atoms with E-state index in [0.717, 1.165) is 12.0 Å². The molecule has 3 atom stereocenters. The molecule has 3 fully saturated rings. The number of nitrogens with one attached hydrogen (secondary N) is 1. The maximum Gasteiger partial charge on any atom is 0.251 e. The van der Waals surface area contributed by atoms with Crippen LogP contribution in [0.3, 0.4) is 0 Å². The number of amides is 1. The van der Waals surface area contributed by atoms with E-state index < -0.39 is 6.10 Å². The van der Waals surface area contributed by atoms with E-state index in [2.05, 4.69) is 5.32 Å². The molecule has 3 unspecified atom stereocenters. The number of aliphatic hydroxyl groups excluding tert-OH is 1. The van der Waals surface area contributed by atoms with Gasteiger partial charge in [-0.05, 0) is 92.7 Å². The largest absolute Gasteiger partial charge is 0.493 e. The molecular weight excluding hydrogens is 458 g/mol. The molecule has 0 aromatic heterocycles. The van der Waals surface area contributed by atoms with Crippen molar-refractivity contribution in [2.45, 2.75) is 63.0 Å². The Morgan fingerprint density at radius 1 is 0.833 bits per heavy atom. The fourth-order valence-corrected chi connectivity index (χ4v) is 4.91. The molecule has 7 heteroatoms. The van der Waals surface area contributed by atoms with Crippen molar-refractivity contribution < 1.29 is 28.8 Å². The van der Waals surface area contributed by atoms with E-state index in [1.165, 1.54) is 25.7 Å². The van der Waals surface area contributed by atoms with Crippen LogP contribution in [-0.4, -0.2) is 50.6 Å². The molecule has 5 rings (SSSR count). The van der Waals surface area contributed by atoms with Gasteiger partial charge in [-0.2, -0.15) is 0 Å². The second-order valence-electron chi connectivity index (χ2n) is 10.4. The molecule has 3 aliphatic rings. The Hall–Kier alpha value is -2.93. The summed E-state index contributed by atoms with van der Waals surface area (Å²) in [5, 5.41) is 13.6. The quantitative estimate of drug-likeness (QED) is 0.470. The molecule has 0 spiro atoms. The third-order valence-corrected chi connectivity index (χ3v) is 7.52. The van der Waals surface area contributed by atoms with Gasteiger partial charge in [0.15, 0.2) is 23.0 Å². The van der Waals surface area contributed by atoms with Crippen LogP contribution in [0, 0.1) is 11.8 Å². The van der Waals surface area contributed by atoms with Crippen molar-refractivity contribution in [1.82, 2.24) is 5.32 Å². The number of aliphatic hydroxyl groups is 1. The summed E-state index contributed by atoms with van der Waals surface area (Å²) in [4.78, 5) is 13.4. The van der Waals surface area contributed by atoms with Crippen molar-refractivity contribution in [3.8, 4) is 23.0 Å². The monoisotopic (exact) mass is 495 g/mol. The number of ether oxygens (including phenoxy) is 4. The minimum atomic E-state index is -0.442. The number of hydrogen-bond donors (Lipinski definition) is 2. The second kappa shape index (κ2) is 11.0. The van der Waals surface area contributed by atoms with Crippen molar-refractivity contribution in [3.63, 3.8) is 0 Å². The smallest absolute Gasteiger partial charge is 0.251 e. The molecule has 194 valence electrons. The first-order valence-corrected chi connectivity index (χ1v) is 13.1. The van der Waals surface area contributed by atoms with Crippen LogP contribution in [0.5, 0.6) is 23.0 Å². The maximum atomic E-state index is 13.4. The van der Waals surface area contributed by atoms with Gasteiger partial charge in [-0.1, -0.05) is 6.07 Å². The molecule has 1 amide bonds. The number of rotatable bonds is 11. The summed E-state index contributed by atoms with van der Waals surface area (Å²) < 4.78 is 23.0. The van der Waals surface area contributed by atoms with Crippen LogP contribution in [-0.2, 0) is 0 Å². The van der Waals surface area contributed by atoms with Gasteiger partial charge in [0.25, 0.3) is 5.91 Å². The molecule has 2 N–H and O–H groups in total. The van der Waals surface area contributed by atoms with Gasteiger partial charge in [0.2, 0.25) is 0 Å². The van der Waals surface area contributed by atoms with Crippen LogP contribution in [0.1, 0.15) is 66.8 Å². The molecular formula is C29H37NO6. The third-order valence-electron chi connectivity index (χ3n) is 7.52. The summed E-state index contributed by atoms with van der Waals surface area (Å²) in [6, 6.07) is 11.1. The molecule has 0 radical (unpaired) electrons. The molecule has 36 heavy (non-hydrogen) atoms. The van der Waals surface area contributed by atoms with Crippen LogP contribution in [0.4, 0.5) is 0 Å². The number of benzene rings is 2. The first-order chi connectivity index (χ1) is 17.5. The number of carbonyl (C=O) groups is 1. The maximum absolute atomic E-state index is 13.4. The lowest BCUT2D eigenvalue weighted by Crippen LogP contribution is -2.44. The van der Waals surface area contributed by atoms with Gasteiger partial charge < -0.3 is 29.4 Å². The first kappa shape index (κ1) is 24.8. The summed E-state index contributed by atoms with van der Waals surface area (Å²) in [5.74, 6) is 3.78. The zero-order valence-electron chi connectivity index (χ0n) is 21.2. The lowest BCUT2D eigenvalue weighted by Gasteiger charge is -2.35. The zero-order valence-corrected chi connectivity index (χ0v) is 21.2. The fourth-order valence-electron chi connectivity index (χ4n) is 4.91. The molecule has 3 saturated carbocycles. The van der Waals surface area contributed by atoms with Gasteiger partial charge in [0, 0.05) is 17.5 Å². The normalized spacial score (nSPS) is 23.6. The minimum absolute atomic E-state index is 0.0592. The summed E-state index contributed by atoms with van der Waals surface area (Å²) >= 11 is 0. The fraction of sp³-hybridized carbons (Fsp3) is 0.552. The first-order valence-electron chi connectivity index (χ1n) is 13.1. The van der Waals surface area contributed by atoms with Crippen LogP contribution in [0.25, 0.3) is 0 Å². The van der Waals surface area contributed by atoms with Crippen LogP contribution in [0.2, 0.25) is 0 Å². The predicted molar refractivity (Wildman–Crippen MR) is 136 cm³/mol. The Balaban J connectivity index is 1.32. The Kier molecular flexibility index (Phi) is 7.56. The molecule has 7 nitrogen and oxygen atoms in total. The lowest BCUT2D eigenvalue weighted by atomic mass is 9.78. The highest BCUT2D eigenvalue weighted by Gasteiger charge is 2.33. The summed E-state index contributed by atoms with van der Waals surface area (Å²) in [5.41, 5.74) is 1.59. The summed E-state index contributed by atoms with van der Waals surface area (Å²) in [6.07, 6.45) is 6.34. The second-order valence-corrected chi connectivity index (χ2v) is 10.4. The molecule has 0 saturated heterocycles. The van der Waals surface area contributed by atoms with E-state index >= 15 is 0 Å². The number of methoxy groups -OCH3 is 2. The van der Waals surface area contributed by atoms with Gasteiger partial charge in [0.05, 0.1) is 33.5 Å². The molecule has 0 aliphatic heterocycles. The molecule has 2 aromatic carbocycles. The summed E-state index contributed by atoms with van der Waals surface area (Å²) in [6.45, 7) is 1.35. The molecule has 2 aromatic rings. The SMILES string of the molecule is COc1ccc(C2CCC(O)CC2NC(=O)c2ccc(OCC3CC3)c(OCC3CC3)c2)cc1OC. The minimum Gasteiger partial charge on any atom is -0.493 e. The van der Waals surface area contributed by atoms with Crippen LogP contribution in [0.15, 0.2) is 36.4 Å². The molecule has 0 bridgehead atoms. The Morgan fingerprint density at radius 3 is 2.17 bits per heavy atom. The zero-order chi connectivity index (χ0) is 25.1. The highest BCUT2D eigenvalue weighted by molar-refractivity contribution is 5.95. The number of carbonyl (C=O) groups excluding carboxylic acids is 1. The standard InChI is InChI=1S/C29H37NO6/c1-33-25-11-7-20(13-27(25)34-2)23-10-9-22(31)15-24(23)30-29(32)21-8-12-26(35-16-18-3-4-18)28(14-21)36-17-19-5-6-19/h7-8,11-14,18-19,22-24,31H,3-6,9-10,15-17H2,1-2H3,(H,30,32). The van der Waals surface area contributed by atoms with E-state index in [9.17, 15) is 9.90 Å². The van der Waals surface area contributed by atoms with Gasteiger partial charge in [-0.15, -0.1) is 0 Å². The van der Waals surface area contributed by atoms with Crippen molar-refractivity contribution in [2.24, 2.45) is 11.8 Å². The Bertz CT molecular complexity index is 1060. The Labute approximate surface area is 213 Å². The predicted octanol–water partition coefficient (Wildman–Crippen LogP) is 4.71. The van der Waals surface area contributed by atoms with Crippen molar-refractivity contribution in [2.75, 3.05) is 27.4 Å². The highest BCUT2D eigenvalue weighted by Crippen LogP contribution is 2.39. The highest BCUT2D eigenvalue weighted by atomic mass is 16.5. The lowest BCUT2D eigenvalue weighted by molar-refractivity contribution is 0.0809. The van der Waals surface area contributed by atoms with E-state index in [4.69, 9.17) is 18.9 Å². The van der Waals surface area contributed by atoms with Gasteiger partial charge >= 0.3 is 0 Å². The van der Waals surface area contributed by atoms with Crippen molar-refractivity contribution >= 4 is 5.91 Å². The van der Waals surface area contributed by atoms with Gasteiger partial charge in [0.1, 0.15) is 0 Å². The molecule has 0 heterocycles. The molecule has 3 aliphatic carbocycles. The third kappa shape index (κ3) is 6.06. The van der Waals surface area contributed by atoms with Crippen LogP contribution < -0.4 is 24.3 Å². The van der Waals surface area contributed by atoms with Crippen molar-refractivity contribution in [3.05, 3.63) is 47.5 Å². The number of hydrogen-bond acceptors (Lipinski definition) is 6. The van der Waals surface area contributed by atoms with E-state index in [1.807, 2.05) is 24.3 Å². The van der Waals surface area contributed by atoms with E-state index in [1.54, 1.807) is 26.4 Å². The van der Waals surface area contributed by atoms with Gasteiger partial charge in [-0.3, -0.25) is 4.79 Å². The Morgan fingerprint density at radius 2 is 1.50 bits per heavy atom. The van der Waals surface area contributed by atoms with Crippen LogP contribution >= 0.6 is 0 Å². The average Bonchev–Trinajstić information content (AvgIpc) is 3.81. The van der Waals surface area contributed by atoms with Crippen molar-refractivity contribution in [1.29, 1.82) is 0 Å². The topological polar surface area (TPSA) is 86.3 Å².